The molecule has 242 valence electrons. The molecule has 3 heterocycles. The van der Waals surface area contributed by atoms with Gasteiger partial charge < -0.3 is 14.6 Å². The Kier molecular flexibility index (Phi) is 9.72. The van der Waals surface area contributed by atoms with Gasteiger partial charge in [-0.1, -0.05) is 72.9 Å². The zero-order valence-electron chi connectivity index (χ0n) is 27.4. The van der Waals surface area contributed by atoms with Crippen LogP contribution in [0.5, 0.6) is 5.75 Å². The SMILES string of the molecule is COc1ccc([Si](C)(C)[C@H]2[C@H](C)[C@H](CCc3cccc(N4C(=O)CCc5ccccc54)c3)O[C@@H]2CCn2cc(CCO)nn2)cc1. The Morgan fingerprint density at radius 3 is 2.57 bits per heavy atom. The fraction of sp³-hybridized carbons (Fsp3) is 0.432. The van der Waals surface area contributed by atoms with E-state index in [0.717, 1.165) is 55.0 Å². The van der Waals surface area contributed by atoms with E-state index in [-0.39, 0.29) is 24.7 Å². The van der Waals surface area contributed by atoms with Gasteiger partial charge in [0.25, 0.3) is 0 Å². The number of aliphatic hydroxyl groups is 1. The van der Waals surface area contributed by atoms with E-state index in [1.807, 2.05) is 34.0 Å². The van der Waals surface area contributed by atoms with E-state index in [1.54, 1.807) is 7.11 Å². The highest BCUT2D eigenvalue weighted by Gasteiger charge is 2.50. The predicted octanol–water partition coefficient (Wildman–Crippen LogP) is 5.84. The van der Waals surface area contributed by atoms with Crippen molar-refractivity contribution in [1.82, 2.24) is 15.0 Å². The van der Waals surface area contributed by atoms with Gasteiger partial charge in [-0.25, -0.2) is 0 Å². The van der Waals surface area contributed by atoms with Gasteiger partial charge in [0.15, 0.2) is 0 Å². The van der Waals surface area contributed by atoms with Crippen molar-refractivity contribution in [2.45, 2.75) is 82.8 Å². The van der Waals surface area contributed by atoms with Crippen LogP contribution in [0.4, 0.5) is 11.4 Å². The number of rotatable bonds is 12. The van der Waals surface area contributed by atoms with Gasteiger partial charge in [0.1, 0.15) is 5.75 Å². The second-order valence-electron chi connectivity index (χ2n) is 13.3. The molecule has 9 heteroatoms. The normalized spacial score (nSPS) is 21.4. The maximum Gasteiger partial charge on any atom is 0.231 e. The first-order chi connectivity index (χ1) is 22.3. The maximum atomic E-state index is 13.1. The van der Waals surface area contributed by atoms with Gasteiger partial charge in [0, 0.05) is 37.9 Å². The summed E-state index contributed by atoms with van der Waals surface area (Å²) in [6, 6.07) is 25.3. The molecule has 2 aliphatic heterocycles. The molecule has 3 aromatic carbocycles. The van der Waals surface area contributed by atoms with Gasteiger partial charge >= 0.3 is 0 Å². The molecule has 1 saturated heterocycles. The minimum Gasteiger partial charge on any atom is -0.497 e. The third kappa shape index (κ3) is 6.68. The van der Waals surface area contributed by atoms with Crippen LogP contribution in [0.1, 0.15) is 43.0 Å². The molecule has 4 atom stereocenters. The lowest BCUT2D eigenvalue weighted by Gasteiger charge is -2.36. The molecule has 1 aromatic heterocycles. The van der Waals surface area contributed by atoms with Crippen LogP contribution in [-0.4, -0.2) is 60.0 Å². The van der Waals surface area contributed by atoms with Crippen LogP contribution in [-0.2, 0) is 35.3 Å². The zero-order valence-corrected chi connectivity index (χ0v) is 28.4. The number of aromatic nitrogens is 3. The number of amides is 1. The molecule has 0 aliphatic carbocycles. The number of methoxy groups -OCH3 is 1. The fourth-order valence-electron chi connectivity index (χ4n) is 7.72. The summed E-state index contributed by atoms with van der Waals surface area (Å²) in [5, 5.41) is 19.2. The van der Waals surface area contributed by atoms with Crippen molar-refractivity contribution in [3.05, 3.63) is 95.8 Å². The molecule has 1 amide bonds. The van der Waals surface area contributed by atoms with Gasteiger partial charge in [0.2, 0.25) is 5.91 Å². The van der Waals surface area contributed by atoms with Crippen molar-refractivity contribution in [3.63, 3.8) is 0 Å². The van der Waals surface area contributed by atoms with Crippen molar-refractivity contribution in [2.24, 2.45) is 5.92 Å². The Bertz CT molecular complexity index is 1640. The number of para-hydroxylation sites is 1. The molecule has 0 saturated carbocycles. The molecule has 2 aliphatic rings. The number of carbonyl (C=O) groups excluding carboxylic acids is 1. The summed E-state index contributed by atoms with van der Waals surface area (Å²) in [5.41, 5.74) is 5.59. The lowest BCUT2D eigenvalue weighted by atomic mass is 9.94. The number of anilines is 2. The Labute approximate surface area is 273 Å². The summed E-state index contributed by atoms with van der Waals surface area (Å²) in [4.78, 5) is 15.0. The van der Waals surface area contributed by atoms with Crippen molar-refractivity contribution in [3.8, 4) is 5.75 Å². The van der Waals surface area contributed by atoms with Crippen LogP contribution < -0.4 is 14.8 Å². The number of benzene rings is 3. The number of hydrogen-bond acceptors (Lipinski definition) is 6. The van der Waals surface area contributed by atoms with Crippen LogP contribution in [0, 0.1) is 5.92 Å². The lowest BCUT2D eigenvalue weighted by molar-refractivity contribution is -0.118. The second-order valence-corrected chi connectivity index (χ2v) is 18.0. The highest BCUT2D eigenvalue weighted by molar-refractivity contribution is 6.91. The van der Waals surface area contributed by atoms with Gasteiger partial charge in [-0.3, -0.25) is 14.4 Å². The Hall–Kier alpha value is -3.79. The molecule has 0 spiro atoms. The predicted molar refractivity (Wildman–Crippen MR) is 184 cm³/mol. The van der Waals surface area contributed by atoms with Crippen molar-refractivity contribution in [1.29, 1.82) is 0 Å². The number of fused-ring (bicyclic) bond motifs is 1. The monoisotopic (exact) mass is 638 g/mol. The number of aliphatic hydroxyl groups excluding tert-OH is 1. The first kappa shape index (κ1) is 32.2. The van der Waals surface area contributed by atoms with Crippen LogP contribution >= 0.6 is 0 Å². The van der Waals surface area contributed by atoms with E-state index in [2.05, 4.69) is 84.9 Å². The smallest absolute Gasteiger partial charge is 0.231 e. The number of carbonyl (C=O) groups is 1. The Balaban J connectivity index is 1.20. The number of aryl methyl sites for hydroxylation is 3. The first-order valence-corrected chi connectivity index (χ1v) is 19.7. The lowest BCUT2D eigenvalue weighted by Crippen LogP contribution is -2.50. The average molecular weight is 639 g/mol. The van der Waals surface area contributed by atoms with Crippen LogP contribution in [0.3, 0.4) is 0 Å². The molecule has 1 N–H and O–H groups in total. The van der Waals surface area contributed by atoms with Crippen LogP contribution in [0.15, 0.2) is 79.0 Å². The summed E-state index contributed by atoms with van der Waals surface area (Å²) in [6.07, 6.45) is 6.65. The van der Waals surface area contributed by atoms with Crippen LogP contribution in [0.2, 0.25) is 18.6 Å². The largest absolute Gasteiger partial charge is 0.497 e. The molecule has 46 heavy (non-hydrogen) atoms. The number of hydrogen-bond donors (Lipinski definition) is 1. The van der Waals surface area contributed by atoms with Crippen molar-refractivity contribution >= 4 is 30.5 Å². The van der Waals surface area contributed by atoms with Gasteiger partial charge in [0.05, 0.1) is 38.8 Å². The molecule has 0 unspecified atom stereocenters. The Morgan fingerprint density at radius 2 is 1.78 bits per heavy atom. The minimum atomic E-state index is -1.98. The average Bonchev–Trinajstić information content (AvgIpc) is 3.66. The topological polar surface area (TPSA) is 89.7 Å². The minimum absolute atomic E-state index is 0.0673. The van der Waals surface area contributed by atoms with Gasteiger partial charge in [-0.2, -0.15) is 0 Å². The fourth-order valence-corrected chi connectivity index (χ4v) is 11.8. The van der Waals surface area contributed by atoms with E-state index >= 15 is 0 Å². The van der Waals surface area contributed by atoms with E-state index in [9.17, 15) is 9.90 Å². The zero-order chi connectivity index (χ0) is 32.3. The summed E-state index contributed by atoms with van der Waals surface area (Å²) in [5.74, 6) is 1.41. The third-order valence-corrected chi connectivity index (χ3v) is 14.5. The molecule has 8 nitrogen and oxygen atoms in total. The van der Waals surface area contributed by atoms with E-state index in [0.29, 0.717) is 24.3 Å². The number of ether oxygens (including phenoxy) is 2. The second kappa shape index (κ2) is 13.9. The first-order valence-electron chi connectivity index (χ1n) is 16.6. The van der Waals surface area contributed by atoms with Crippen LogP contribution in [0.25, 0.3) is 0 Å². The van der Waals surface area contributed by atoms with E-state index in [1.165, 1.54) is 16.3 Å². The van der Waals surface area contributed by atoms with E-state index in [4.69, 9.17) is 9.47 Å². The standard InChI is InChI=1S/C37H46N4O4Si/c1-26-34(18-12-27-8-7-10-30(24-27)41-33-11-6-5-9-28(33)13-19-36(41)43)45-35(20-22-40-25-29(21-23-42)38-39-40)37(26)46(3,4)32-16-14-31(44-2)15-17-32/h5-11,14-17,24-26,34-35,37,42H,12-13,18-23H2,1-4H3/t26-,34+,35-,37+/m1/s1. The number of nitrogens with zero attached hydrogens (tertiary/aromatic N) is 4. The molecule has 0 bridgehead atoms. The summed E-state index contributed by atoms with van der Waals surface area (Å²) in [6.45, 7) is 8.11. The molecule has 0 radical (unpaired) electrons. The molecule has 4 aromatic rings. The summed E-state index contributed by atoms with van der Waals surface area (Å²) in [7, 11) is -0.271. The maximum absolute atomic E-state index is 13.1. The third-order valence-electron chi connectivity index (χ3n) is 10.1. The molecule has 6 rings (SSSR count). The molecule has 1 fully saturated rings. The van der Waals surface area contributed by atoms with Gasteiger partial charge in [-0.05, 0) is 78.6 Å². The summed E-state index contributed by atoms with van der Waals surface area (Å²) < 4.78 is 14.3. The van der Waals surface area contributed by atoms with Crippen molar-refractivity contribution < 1.29 is 19.4 Å². The van der Waals surface area contributed by atoms with E-state index < -0.39 is 8.07 Å². The molecular formula is C37H46N4O4Si. The van der Waals surface area contributed by atoms with Crippen molar-refractivity contribution in [2.75, 3.05) is 18.6 Å². The summed E-state index contributed by atoms with van der Waals surface area (Å²) >= 11 is 0. The van der Waals surface area contributed by atoms with Gasteiger partial charge in [-0.15, -0.1) is 5.10 Å². The Morgan fingerprint density at radius 1 is 0.978 bits per heavy atom. The molecular weight excluding hydrogens is 593 g/mol. The highest BCUT2D eigenvalue weighted by atomic mass is 28.3. The highest BCUT2D eigenvalue weighted by Crippen LogP contribution is 2.46. The quantitative estimate of drug-likeness (QED) is 0.196.